The third-order valence-corrected chi connectivity index (χ3v) is 8.00. The maximum atomic E-state index is 14.1. The van der Waals surface area contributed by atoms with Crippen molar-refractivity contribution in [2.24, 2.45) is 0 Å². The van der Waals surface area contributed by atoms with Gasteiger partial charge in [-0.3, -0.25) is 13.9 Å². The highest BCUT2D eigenvalue weighted by Gasteiger charge is 2.34. The molecule has 0 fully saturated rings. The zero-order valence-electron chi connectivity index (χ0n) is 22.7. The van der Waals surface area contributed by atoms with Gasteiger partial charge in [-0.05, 0) is 62.2 Å². The number of hydrogen-bond acceptors (Lipinski definition) is 4. The molecule has 40 heavy (non-hydrogen) atoms. The Labute approximate surface area is 251 Å². The first-order valence-corrected chi connectivity index (χ1v) is 15.4. The van der Waals surface area contributed by atoms with Gasteiger partial charge in [0.2, 0.25) is 21.8 Å². The summed E-state index contributed by atoms with van der Waals surface area (Å²) >= 11 is 18.5. The monoisotopic (exact) mass is 623 g/mol. The number of halogens is 3. The van der Waals surface area contributed by atoms with Crippen molar-refractivity contribution in [1.82, 2.24) is 10.2 Å². The topological polar surface area (TPSA) is 86.8 Å². The Kier molecular flexibility index (Phi) is 10.5. The lowest BCUT2D eigenvalue weighted by molar-refractivity contribution is -0.140. The summed E-state index contributed by atoms with van der Waals surface area (Å²) in [5.41, 5.74) is 1.11. The fourth-order valence-corrected chi connectivity index (χ4v) is 5.43. The number of carbonyl (C=O) groups is 2. The van der Waals surface area contributed by atoms with E-state index in [1.54, 1.807) is 36.4 Å². The Hall–Kier alpha value is -2.78. The van der Waals surface area contributed by atoms with Gasteiger partial charge in [-0.25, -0.2) is 8.42 Å². The second-order valence-corrected chi connectivity index (χ2v) is 13.6. The number of nitrogens with zero attached hydrogens (tertiary/aromatic N) is 2. The van der Waals surface area contributed by atoms with Crippen LogP contribution in [0.1, 0.15) is 31.9 Å². The van der Waals surface area contributed by atoms with Crippen molar-refractivity contribution in [3.8, 4) is 0 Å². The zero-order valence-corrected chi connectivity index (χ0v) is 25.8. The maximum Gasteiger partial charge on any atom is 0.244 e. The van der Waals surface area contributed by atoms with Crippen molar-refractivity contribution in [2.75, 3.05) is 17.1 Å². The van der Waals surface area contributed by atoms with E-state index >= 15 is 0 Å². The van der Waals surface area contributed by atoms with Crippen molar-refractivity contribution >= 4 is 62.3 Å². The average molecular weight is 625 g/mol. The molecule has 1 atom stereocenters. The van der Waals surface area contributed by atoms with Crippen LogP contribution in [0.2, 0.25) is 15.1 Å². The Balaban J connectivity index is 2.09. The third kappa shape index (κ3) is 9.13. The highest BCUT2D eigenvalue weighted by molar-refractivity contribution is 7.92. The molecule has 0 saturated carbocycles. The number of hydrogen-bond donors (Lipinski definition) is 1. The van der Waals surface area contributed by atoms with Crippen molar-refractivity contribution in [2.45, 2.75) is 45.3 Å². The van der Waals surface area contributed by atoms with Gasteiger partial charge in [0.15, 0.2) is 0 Å². The predicted octanol–water partition coefficient (Wildman–Crippen LogP) is 5.97. The molecule has 0 aliphatic carbocycles. The molecule has 0 saturated heterocycles. The molecule has 0 heterocycles. The van der Waals surface area contributed by atoms with Gasteiger partial charge in [0.05, 0.1) is 22.0 Å². The number of anilines is 1. The van der Waals surface area contributed by atoms with Gasteiger partial charge in [-0.15, -0.1) is 0 Å². The van der Waals surface area contributed by atoms with E-state index in [0.717, 1.165) is 16.1 Å². The molecule has 2 amide bonds. The van der Waals surface area contributed by atoms with E-state index in [1.165, 1.54) is 11.0 Å². The Morgan fingerprint density at radius 1 is 0.875 bits per heavy atom. The van der Waals surface area contributed by atoms with E-state index in [2.05, 4.69) is 5.32 Å². The van der Waals surface area contributed by atoms with Crippen LogP contribution in [0.25, 0.3) is 0 Å². The van der Waals surface area contributed by atoms with Crippen molar-refractivity contribution < 1.29 is 18.0 Å². The van der Waals surface area contributed by atoms with Gasteiger partial charge in [-0.1, -0.05) is 77.3 Å². The van der Waals surface area contributed by atoms with E-state index in [-0.39, 0.29) is 24.6 Å². The molecular formula is C29H32Cl3N3O4S. The van der Waals surface area contributed by atoms with E-state index in [4.69, 9.17) is 34.8 Å². The second kappa shape index (κ2) is 13.3. The zero-order chi connectivity index (χ0) is 29.7. The summed E-state index contributed by atoms with van der Waals surface area (Å²) in [7, 11) is -3.89. The lowest BCUT2D eigenvalue weighted by atomic mass is 10.0. The summed E-state index contributed by atoms with van der Waals surface area (Å²) < 4.78 is 26.6. The molecule has 3 aromatic carbocycles. The van der Waals surface area contributed by atoms with E-state index in [0.29, 0.717) is 20.6 Å². The Morgan fingerprint density at radius 2 is 1.55 bits per heavy atom. The predicted molar refractivity (Wildman–Crippen MR) is 162 cm³/mol. The lowest BCUT2D eigenvalue weighted by Gasteiger charge is -2.35. The molecule has 214 valence electrons. The van der Waals surface area contributed by atoms with Gasteiger partial charge >= 0.3 is 0 Å². The molecule has 0 aliphatic rings. The third-order valence-electron chi connectivity index (χ3n) is 5.88. The number of benzene rings is 3. The van der Waals surface area contributed by atoms with Crippen molar-refractivity contribution in [3.63, 3.8) is 0 Å². The Morgan fingerprint density at radius 3 is 2.12 bits per heavy atom. The van der Waals surface area contributed by atoms with Crippen LogP contribution in [0.15, 0.2) is 72.8 Å². The van der Waals surface area contributed by atoms with Crippen LogP contribution in [-0.4, -0.2) is 49.5 Å². The smallest absolute Gasteiger partial charge is 0.244 e. The quantitative estimate of drug-likeness (QED) is 0.301. The summed E-state index contributed by atoms with van der Waals surface area (Å²) in [6, 6.07) is 19.5. The van der Waals surface area contributed by atoms with Crippen molar-refractivity contribution in [3.05, 3.63) is 99.0 Å². The molecule has 7 nitrogen and oxygen atoms in total. The number of amides is 2. The minimum atomic E-state index is -3.89. The molecule has 0 bridgehead atoms. The molecule has 0 radical (unpaired) electrons. The molecule has 1 N–H and O–H groups in total. The lowest BCUT2D eigenvalue weighted by Crippen LogP contribution is -2.56. The standard InChI is InChI=1S/C29H32Cl3N3O4S/c1-29(2,3)33-28(37)26(16-20-9-6-5-7-10-20)34(18-21-13-14-24(31)25(32)15-21)27(36)19-35(40(4,38)39)23-12-8-11-22(30)17-23/h5-15,17,26H,16,18-19H2,1-4H3,(H,33,37)/t26-/m1/s1. The summed E-state index contributed by atoms with van der Waals surface area (Å²) in [5.74, 6) is -0.958. The fraction of sp³-hybridized carbons (Fsp3) is 0.310. The maximum absolute atomic E-state index is 14.1. The SMILES string of the molecule is CC(C)(C)NC(=O)[C@@H](Cc1ccccc1)N(Cc1ccc(Cl)c(Cl)c1)C(=O)CN(c1cccc(Cl)c1)S(C)(=O)=O. The largest absolute Gasteiger partial charge is 0.350 e. The average Bonchev–Trinajstić information content (AvgIpc) is 2.85. The first-order chi connectivity index (χ1) is 18.6. The molecule has 0 spiro atoms. The molecular weight excluding hydrogens is 593 g/mol. The highest BCUT2D eigenvalue weighted by atomic mass is 35.5. The molecule has 0 aromatic heterocycles. The van der Waals surface area contributed by atoms with Crippen LogP contribution in [0.4, 0.5) is 5.69 Å². The van der Waals surface area contributed by atoms with Crippen LogP contribution >= 0.6 is 34.8 Å². The first-order valence-electron chi connectivity index (χ1n) is 12.5. The number of nitrogens with one attached hydrogen (secondary N) is 1. The van der Waals surface area contributed by atoms with Gasteiger partial charge in [0.25, 0.3) is 0 Å². The number of carbonyl (C=O) groups excluding carboxylic acids is 2. The minimum absolute atomic E-state index is 0.0159. The van der Waals surface area contributed by atoms with Gasteiger partial charge < -0.3 is 10.2 Å². The van der Waals surface area contributed by atoms with Crippen LogP contribution in [0, 0.1) is 0 Å². The molecule has 0 unspecified atom stereocenters. The van der Waals surface area contributed by atoms with Gasteiger partial charge in [0.1, 0.15) is 12.6 Å². The van der Waals surface area contributed by atoms with Crippen LogP contribution in [0.3, 0.4) is 0 Å². The summed E-state index contributed by atoms with van der Waals surface area (Å²) in [5, 5.41) is 3.93. The Bertz CT molecular complexity index is 1460. The van der Waals surface area contributed by atoms with E-state index < -0.39 is 34.1 Å². The molecule has 3 aromatic rings. The minimum Gasteiger partial charge on any atom is -0.350 e. The second-order valence-electron chi connectivity index (χ2n) is 10.5. The van der Waals surface area contributed by atoms with Gasteiger partial charge in [0, 0.05) is 23.5 Å². The summed E-state index contributed by atoms with van der Waals surface area (Å²) in [4.78, 5) is 29.2. The highest BCUT2D eigenvalue weighted by Crippen LogP contribution is 2.26. The van der Waals surface area contributed by atoms with E-state index in [1.807, 2.05) is 51.1 Å². The first kappa shape index (κ1) is 31.7. The molecule has 11 heteroatoms. The van der Waals surface area contributed by atoms with Crippen LogP contribution in [0.5, 0.6) is 0 Å². The van der Waals surface area contributed by atoms with Gasteiger partial charge in [-0.2, -0.15) is 0 Å². The van der Waals surface area contributed by atoms with Crippen LogP contribution in [-0.2, 0) is 32.6 Å². The fourth-order valence-electron chi connectivity index (χ4n) is 4.09. The van der Waals surface area contributed by atoms with E-state index in [9.17, 15) is 18.0 Å². The van der Waals surface area contributed by atoms with Crippen LogP contribution < -0.4 is 9.62 Å². The normalized spacial score (nSPS) is 12.5. The molecule has 0 aliphatic heterocycles. The summed E-state index contributed by atoms with van der Waals surface area (Å²) in [6.45, 7) is 4.98. The summed E-state index contributed by atoms with van der Waals surface area (Å²) in [6.07, 6.45) is 1.21. The number of rotatable bonds is 10. The van der Waals surface area contributed by atoms with Crippen molar-refractivity contribution in [1.29, 1.82) is 0 Å². The molecule has 3 rings (SSSR count). The number of sulfonamides is 1.